The Morgan fingerprint density at radius 3 is 2.69 bits per heavy atom. The number of hydrogen-bond acceptors (Lipinski definition) is 3. The van der Waals surface area contributed by atoms with Gasteiger partial charge in [0.1, 0.15) is 0 Å². The second-order valence-electron chi connectivity index (χ2n) is 3.23. The molecule has 0 saturated carbocycles. The minimum absolute atomic E-state index is 0.585. The van der Waals surface area contributed by atoms with Crippen molar-refractivity contribution >= 4 is 11.3 Å². The standard InChI is InChI=1S/C10H11NOS/c1-7(2)9-3-4-10(13-9)8-5-6-11-12-8/h3-7H,1-2H3. The van der Waals surface area contributed by atoms with Crippen LogP contribution < -0.4 is 0 Å². The zero-order chi connectivity index (χ0) is 9.26. The molecule has 0 radical (unpaired) electrons. The maximum atomic E-state index is 5.07. The normalized spacial score (nSPS) is 11.0. The first-order chi connectivity index (χ1) is 6.27. The lowest BCUT2D eigenvalue weighted by Gasteiger charge is -1.96. The molecule has 0 saturated heterocycles. The summed E-state index contributed by atoms with van der Waals surface area (Å²) in [4.78, 5) is 2.53. The van der Waals surface area contributed by atoms with Gasteiger partial charge in [-0.25, -0.2) is 0 Å². The molecule has 0 N–H and O–H groups in total. The lowest BCUT2D eigenvalue weighted by atomic mass is 10.2. The predicted octanol–water partition coefficient (Wildman–Crippen LogP) is 3.53. The highest BCUT2D eigenvalue weighted by Crippen LogP contribution is 2.31. The van der Waals surface area contributed by atoms with E-state index in [0.717, 1.165) is 10.6 Å². The van der Waals surface area contributed by atoms with Gasteiger partial charge in [0.15, 0.2) is 5.76 Å². The van der Waals surface area contributed by atoms with Crippen LogP contribution in [-0.2, 0) is 0 Å². The van der Waals surface area contributed by atoms with E-state index in [1.807, 2.05) is 6.07 Å². The van der Waals surface area contributed by atoms with E-state index in [9.17, 15) is 0 Å². The monoisotopic (exact) mass is 193 g/mol. The topological polar surface area (TPSA) is 26.0 Å². The van der Waals surface area contributed by atoms with Gasteiger partial charge in [-0.1, -0.05) is 19.0 Å². The smallest absolute Gasteiger partial charge is 0.176 e. The fourth-order valence-corrected chi connectivity index (χ4v) is 2.11. The summed E-state index contributed by atoms with van der Waals surface area (Å²) in [6.07, 6.45) is 1.67. The average molecular weight is 193 g/mol. The Morgan fingerprint density at radius 2 is 2.15 bits per heavy atom. The molecule has 68 valence electrons. The van der Waals surface area contributed by atoms with Gasteiger partial charge in [0, 0.05) is 10.9 Å². The van der Waals surface area contributed by atoms with Crippen LogP contribution in [-0.4, -0.2) is 5.16 Å². The van der Waals surface area contributed by atoms with Crippen molar-refractivity contribution < 1.29 is 4.52 Å². The SMILES string of the molecule is CC(C)c1ccc(-c2ccno2)s1. The molecule has 2 aromatic rings. The van der Waals surface area contributed by atoms with E-state index in [1.54, 1.807) is 17.5 Å². The lowest BCUT2D eigenvalue weighted by molar-refractivity contribution is 0.433. The molecular weight excluding hydrogens is 182 g/mol. The third kappa shape index (κ3) is 1.65. The van der Waals surface area contributed by atoms with Crippen molar-refractivity contribution in [3.63, 3.8) is 0 Å². The van der Waals surface area contributed by atoms with Crippen molar-refractivity contribution in [1.29, 1.82) is 0 Å². The molecule has 2 nitrogen and oxygen atoms in total. The highest BCUT2D eigenvalue weighted by atomic mass is 32.1. The van der Waals surface area contributed by atoms with Crippen molar-refractivity contribution in [2.24, 2.45) is 0 Å². The Morgan fingerprint density at radius 1 is 1.31 bits per heavy atom. The summed E-state index contributed by atoms with van der Waals surface area (Å²) in [6.45, 7) is 4.38. The van der Waals surface area contributed by atoms with Crippen LogP contribution in [0.4, 0.5) is 0 Å². The van der Waals surface area contributed by atoms with Gasteiger partial charge in [-0.05, 0) is 18.1 Å². The van der Waals surface area contributed by atoms with E-state index in [-0.39, 0.29) is 0 Å². The highest BCUT2D eigenvalue weighted by molar-refractivity contribution is 7.15. The quantitative estimate of drug-likeness (QED) is 0.729. The Bertz CT molecular complexity index is 375. The van der Waals surface area contributed by atoms with Crippen LogP contribution >= 0.6 is 11.3 Å². The van der Waals surface area contributed by atoms with Crippen molar-refractivity contribution in [1.82, 2.24) is 5.16 Å². The summed E-state index contributed by atoms with van der Waals surface area (Å²) >= 11 is 1.76. The maximum absolute atomic E-state index is 5.07. The van der Waals surface area contributed by atoms with Crippen molar-refractivity contribution in [3.05, 3.63) is 29.3 Å². The fourth-order valence-electron chi connectivity index (χ4n) is 1.14. The van der Waals surface area contributed by atoms with Gasteiger partial charge in [0.25, 0.3) is 0 Å². The Hall–Kier alpha value is -1.09. The lowest BCUT2D eigenvalue weighted by Crippen LogP contribution is -1.77. The molecule has 13 heavy (non-hydrogen) atoms. The number of nitrogens with zero attached hydrogens (tertiary/aromatic N) is 1. The molecule has 2 heterocycles. The van der Waals surface area contributed by atoms with Crippen LogP contribution in [0.1, 0.15) is 24.6 Å². The predicted molar refractivity (Wildman–Crippen MR) is 53.9 cm³/mol. The summed E-state index contributed by atoms with van der Waals surface area (Å²) in [5.74, 6) is 1.44. The number of hydrogen-bond donors (Lipinski definition) is 0. The van der Waals surface area contributed by atoms with Crippen molar-refractivity contribution in [2.45, 2.75) is 19.8 Å². The van der Waals surface area contributed by atoms with Gasteiger partial charge in [0.05, 0.1) is 11.1 Å². The molecule has 0 aliphatic rings. The van der Waals surface area contributed by atoms with E-state index in [0.29, 0.717) is 5.92 Å². The van der Waals surface area contributed by atoms with Crippen LogP contribution in [0.15, 0.2) is 28.9 Å². The summed E-state index contributed by atoms with van der Waals surface area (Å²) in [5, 5.41) is 3.68. The molecule has 0 aliphatic heterocycles. The minimum Gasteiger partial charge on any atom is -0.355 e. The van der Waals surface area contributed by atoms with Gasteiger partial charge in [-0.2, -0.15) is 0 Å². The molecule has 2 aromatic heterocycles. The van der Waals surface area contributed by atoms with Crippen molar-refractivity contribution in [2.75, 3.05) is 0 Å². The molecule has 0 aliphatic carbocycles. The van der Waals surface area contributed by atoms with E-state index in [4.69, 9.17) is 4.52 Å². The largest absolute Gasteiger partial charge is 0.355 e. The van der Waals surface area contributed by atoms with Crippen molar-refractivity contribution in [3.8, 4) is 10.6 Å². The van der Waals surface area contributed by atoms with E-state index in [1.165, 1.54) is 4.88 Å². The molecule has 0 amide bonds. The van der Waals surface area contributed by atoms with Crippen LogP contribution in [0, 0.1) is 0 Å². The summed E-state index contributed by atoms with van der Waals surface area (Å²) < 4.78 is 5.07. The molecule has 0 unspecified atom stereocenters. The van der Waals surface area contributed by atoms with E-state index >= 15 is 0 Å². The van der Waals surface area contributed by atoms with Gasteiger partial charge >= 0.3 is 0 Å². The van der Waals surface area contributed by atoms with E-state index in [2.05, 4.69) is 31.1 Å². The third-order valence-corrected chi connectivity index (χ3v) is 3.28. The number of aromatic nitrogens is 1. The maximum Gasteiger partial charge on any atom is 0.176 e. The van der Waals surface area contributed by atoms with Crippen LogP contribution in [0.5, 0.6) is 0 Å². The minimum atomic E-state index is 0.585. The first kappa shape index (κ1) is 8.51. The van der Waals surface area contributed by atoms with Crippen LogP contribution in [0.2, 0.25) is 0 Å². The molecule has 2 rings (SSSR count). The first-order valence-electron chi connectivity index (χ1n) is 4.28. The summed E-state index contributed by atoms with van der Waals surface area (Å²) in [7, 11) is 0. The third-order valence-electron chi connectivity index (χ3n) is 1.88. The fraction of sp³-hybridized carbons (Fsp3) is 0.300. The zero-order valence-electron chi connectivity index (χ0n) is 7.65. The zero-order valence-corrected chi connectivity index (χ0v) is 8.47. The number of thiophene rings is 1. The molecule has 0 fully saturated rings. The van der Waals surface area contributed by atoms with Gasteiger partial charge in [-0.15, -0.1) is 11.3 Å². The van der Waals surface area contributed by atoms with Gasteiger partial charge in [0.2, 0.25) is 0 Å². The first-order valence-corrected chi connectivity index (χ1v) is 5.10. The molecule has 0 bridgehead atoms. The molecular formula is C10H11NOS. The molecule has 3 heteroatoms. The molecule has 0 atom stereocenters. The second kappa shape index (κ2) is 3.34. The Labute approximate surface area is 81.2 Å². The van der Waals surface area contributed by atoms with Crippen LogP contribution in [0.25, 0.3) is 10.6 Å². The summed E-state index contributed by atoms with van der Waals surface area (Å²) in [5.41, 5.74) is 0. The number of rotatable bonds is 2. The van der Waals surface area contributed by atoms with E-state index < -0.39 is 0 Å². The second-order valence-corrected chi connectivity index (χ2v) is 4.35. The van der Waals surface area contributed by atoms with Gasteiger partial charge in [-0.3, -0.25) is 0 Å². The highest BCUT2D eigenvalue weighted by Gasteiger charge is 2.07. The Kier molecular flexibility index (Phi) is 2.19. The van der Waals surface area contributed by atoms with Gasteiger partial charge < -0.3 is 4.52 Å². The van der Waals surface area contributed by atoms with Crippen LogP contribution in [0.3, 0.4) is 0 Å². The Balaban J connectivity index is 2.33. The summed E-state index contributed by atoms with van der Waals surface area (Å²) in [6, 6.07) is 6.11. The molecule has 0 spiro atoms. The average Bonchev–Trinajstić information content (AvgIpc) is 2.75. The molecule has 0 aromatic carbocycles.